The molecule has 6 heterocycles. The van der Waals surface area contributed by atoms with Crippen molar-refractivity contribution in [2.24, 2.45) is 32.7 Å². The van der Waals surface area contributed by atoms with E-state index >= 15 is 4.39 Å². The summed E-state index contributed by atoms with van der Waals surface area (Å²) in [5, 5.41) is 11.5. The Hall–Kier alpha value is -3.72. The summed E-state index contributed by atoms with van der Waals surface area (Å²) >= 11 is 11.1. The van der Waals surface area contributed by atoms with E-state index in [1.807, 2.05) is 62.3 Å². The van der Waals surface area contributed by atoms with Crippen LogP contribution in [-0.4, -0.2) is 198 Å². The number of aliphatic imine (C=N–C) groups is 3. The largest absolute Gasteiger partial charge is 0.443 e. The quantitative estimate of drug-likeness (QED) is 0.0294. The first kappa shape index (κ1) is 87.5. The molecule has 33 heteroatoms. The number of nitrogens with two attached hydrogens (primary N) is 1. The van der Waals surface area contributed by atoms with Crippen LogP contribution in [0.25, 0.3) is 0 Å². The number of rotatable bonds is 23. The van der Waals surface area contributed by atoms with E-state index < -0.39 is 98.5 Å². The Kier molecular flexibility index (Phi) is 28.2. The summed E-state index contributed by atoms with van der Waals surface area (Å²) in [5.41, 5.74) is 2.30. The van der Waals surface area contributed by atoms with Crippen LogP contribution >= 0.6 is 67.1 Å². The molecule has 3 N–H and O–H groups in total. The van der Waals surface area contributed by atoms with Crippen LogP contribution in [0, 0.1) is 35.6 Å². The third kappa shape index (κ3) is 22.7. The van der Waals surface area contributed by atoms with E-state index in [1.54, 1.807) is 53.2 Å². The van der Waals surface area contributed by atoms with E-state index in [2.05, 4.69) is 106 Å². The van der Waals surface area contributed by atoms with Crippen molar-refractivity contribution < 1.29 is 70.6 Å². The maximum absolute atomic E-state index is 15.0. The number of amides is 3. The molecule has 0 aromatic carbocycles. The number of amidine groups is 3. The van der Waals surface area contributed by atoms with Gasteiger partial charge in [0.1, 0.15) is 37.0 Å². The first-order valence-electron chi connectivity index (χ1n) is 35.1. The van der Waals surface area contributed by atoms with Gasteiger partial charge < -0.3 is 48.7 Å². The molecule has 3 aliphatic heterocycles. The molecular weight excluding hydrogens is 1580 g/mol. The number of hydrogen-bond donors (Lipinski definition) is 2. The maximum atomic E-state index is 15.0. The van der Waals surface area contributed by atoms with Crippen molar-refractivity contribution in [3.8, 4) is 0 Å². The Morgan fingerprint density at radius 2 is 0.798 bits per heavy atom. The summed E-state index contributed by atoms with van der Waals surface area (Å²) in [7, 11) is -0.641. The SMILES string of the molecule is CC(C)(C)OC(=O)N(COCC[Si](C)(C)C)C1=N[C@](C)(c2cc(Br)cnc2F)[C@@H]2C[C@]2(CO)S1.COC[C@]12C[C@H]1[C@@](C)(c1cc(Br)cnc1F)N=C(N(COCC[Si](C)(C)C)C(=O)OC(C)(C)C)S2.COC[C@]12C[C@H]1[C@@](C)(c1cc(N)cnc1F)N=C(N(COCC[Si](C)(C)C)C(=O)OC(C)(C)C)S2. The third-order valence-electron chi connectivity index (χ3n) is 18.3. The Morgan fingerprint density at radius 1 is 0.519 bits per heavy atom. The normalized spacial score (nSPS) is 26.2. The second-order valence-corrected chi connectivity index (χ2v) is 57.6. The fourth-order valence-corrected chi connectivity index (χ4v) is 20.1. The zero-order valence-corrected chi connectivity index (χ0v) is 73.6. The number of anilines is 1. The van der Waals surface area contributed by atoms with Gasteiger partial charge in [0.05, 0.1) is 62.6 Å². The third-order valence-corrected chi connectivity index (χ3v) is 28.7. The summed E-state index contributed by atoms with van der Waals surface area (Å²) < 4.78 is 90.9. The molecule has 0 unspecified atom stereocenters. The minimum atomic E-state index is -1.32. The van der Waals surface area contributed by atoms with Crippen LogP contribution in [0.15, 0.2) is 60.7 Å². The molecular formula is C71H111Br2F3N10O12S3Si3. The predicted octanol–water partition coefficient (Wildman–Crippen LogP) is 16.9. The van der Waals surface area contributed by atoms with Crippen LogP contribution in [0.3, 0.4) is 0 Å². The summed E-state index contributed by atoms with van der Waals surface area (Å²) in [6, 6.07) is 7.85. The molecule has 9 rings (SSSR count). The molecule has 3 saturated carbocycles. The number of aliphatic hydroxyl groups is 1. The van der Waals surface area contributed by atoms with Crippen LogP contribution in [0.5, 0.6) is 0 Å². The average molecular weight is 1690 g/mol. The number of hydrogen-bond acceptors (Lipinski definition) is 22. The summed E-state index contributed by atoms with van der Waals surface area (Å²) in [5.74, 6) is -1.88. The number of methoxy groups -OCH3 is 2. The van der Waals surface area contributed by atoms with E-state index in [4.69, 9.17) is 58.6 Å². The van der Waals surface area contributed by atoms with Gasteiger partial charge in [-0.15, -0.1) is 0 Å². The van der Waals surface area contributed by atoms with Gasteiger partial charge in [-0.05, 0) is 171 Å². The summed E-state index contributed by atoms with van der Waals surface area (Å²) in [6.45, 7) is 44.6. The van der Waals surface area contributed by atoms with Gasteiger partial charge in [-0.25, -0.2) is 44.0 Å². The molecule has 6 aliphatic rings. The molecule has 3 amide bonds. The summed E-state index contributed by atoms with van der Waals surface area (Å²) in [4.78, 5) is 70.5. The van der Waals surface area contributed by atoms with Gasteiger partial charge in [0.2, 0.25) is 17.8 Å². The molecule has 3 aromatic heterocycles. The molecule has 0 radical (unpaired) electrons. The highest BCUT2D eigenvalue weighted by Gasteiger charge is 2.70. The molecule has 9 atom stereocenters. The fourth-order valence-electron chi connectivity index (χ4n) is 12.4. The first-order valence-corrected chi connectivity index (χ1v) is 50.2. The Bertz CT molecular complexity index is 3520. The maximum Gasteiger partial charge on any atom is 0.418 e. The number of carbonyl (C=O) groups is 3. The standard InChI is InChI=1S/C24H37BrFN3O4SSi.C24H39FN4O4SSi.C23H35BrFN3O4SSi/c1-22(2,3)33-21(30)29(15-32-9-10-35(6,7)8)20-28-23(4,17-11-16(25)13-27-19(17)26)18-12-24(18,34-20)14-31-5;1-22(2,3)33-21(30)29(15-32-9-10-35(6,7)8)20-28-23(4,17-11-16(26)13-27-19(17)25)18-12-24(18,34-20)14-31-5;1-21(2,3)32-20(30)28(14-31-8-9-34(5,6)7)19-27-22(4,17-11-23(17,13-29)33-19)16-10-15(24)12-26-18(16)25/h11,13,18H,9-10,12,14-15H2,1-8H3;11,13,18H,9-10,12,14-15,26H2,1-8H3;10,12,17,29H,8-9,11,13-14H2,1-7H3/t2*18-,23+,24+;17-,22+,23+/m000/s1. The highest BCUT2D eigenvalue weighted by molar-refractivity contribution is 9.10. The topological polar surface area (TPSA) is 257 Å². The van der Waals surface area contributed by atoms with Crippen molar-refractivity contribution in [1.82, 2.24) is 29.7 Å². The molecule has 3 aromatic rings. The second-order valence-electron chi connectivity index (χ2n) is 34.8. The molecule has 104 heavy (non-hydrogen) atoms. The summed E-state index contributed by atoms with van der Waals surface area (Å²) in [6.07, 6.45) is 4.60. The van der Waals surface area contributed by atoms with E-state index in [0.717, 1.165) is 31.0 Å². The smallest absolute Gasteiger partial charge is 0.418 e. The van der Waals surface area contributed by atoms with E-state index in [1.165, 1.54) is 68.6 Å². The van der Waals surface area contributed by atoms with Crippen molar-refractivity contribution >= 4 is 131 Å². The lowest BCUT2D eigenvalue weighted by Gasteiger charge is -2.38. The van der Waals surface area contributed by atoms with Crippen LogP contribution in [0.2, 0.25) is 77.1 Å². The number of nitrogen functional groups attached to an aromatic ring is 1. The van der Waals surface area contributed by atoms with E-state index in [-0.39, 0.29) is 54.0 Å². The van der Waals surface area contributed by atoms with Crippen molar-refractivity contribution in [3.63, 3.8) is 0 Å². The highest BCUT2D eigenvalue weighted by Crippen LogP contribution is 2.69. The minimum absolute atomic E-state index is 0.00454. The van der Waals surface area contributed by atoms with Crippen LogP contribution in [-0.2, 0) is 54.5 Å². The Morgan fingerprint density at radius 3 is 1.09 bits per heavy atom. The first-order chi connectivity index (χ1) is 47.8. The van der Waals surface area contributed by atoms with Gasteiger partial charge in [-0.3, -0.25) is 15.0 Å². The van der Waals surface area contributed by atoms with Gasteiger partial charge in [0.25, 0.3) is 0 Å². The Balaban J connectivity index is 0.000000218. The van der Waals surface area contributed by atoms with E-state index in [0.29, 0.717) is 86.3 Å². The Labute approximate surface area is 646 Å². The van der Waals surface area contributed by atoms with Crippen LogP contribution in [0.4, 0.5) is 33.2 Å². The lowest BCUT2D eigenvalue weighted by Crippen LogP contribution is -2.46. The number of carbonyl (C=O) groups excluding carboxylic acids is 3. The molecule has 22 nitrogen and oxygen atoms in total. The molecule has 0 saturated heterocycles. The van der Waals surface area contributed by atoms with Gasteiger partial charge >= 0.3 is 18.3 Å². The van der Waals surface area contributed by atoms with Gasteiger partial charge in [-0.2, -0.15) is 13.2 Å². The highest BCUT2D eigenvalue weighted by atomic mass is 79.9. The number of fused-ring (bicyclic) bond motifs is 3. The zero-order chi connectivity index (χ0) is 78.0. The number of pyridine rings is 3. The lowest BCUT2D eigenvalue weighted by atomic mass is 9.86. The van der Waals surface area contributed by atoms with Crippen molar-refractivity contribution in [2.75, 3.05) is 79.8 Å². The van der Waals surface area contributed by atoms with Gasteiger partial charge in [0, 0.05) is 114 Å². The monoisotopic (exact) mass is 1690 g/mol. The number of nitrogens with zero attached hydrogens (tertiary/aromatic N) is 9. The van der Waals surface area contributed by atoms with E-state index in [9.17, 15) is 28.3 Å². The lowest BCUT2D eigenvalue weighted by molar-refractivity contribution is 0.00977. The zero-order valence-electron chi connectivity index (χ0n) is 65.0. The number of thioether (sulfide) groups is 3. The minimum Gasteiger partial charge on any atom is -0.443 e. The van der Waals surface area contributed by atoms with Crippen molar-refractivity contribution in [1.29, 1.82) is 0 Å². The molecule has 3 aliphatic carbocycles. The fraction of sp³-hybridized carbons (Fsp3) is 0.704. The van der Waals surface area contributed by atoms with Crippen LogP contribution in [0.1, 0.15) is 119 Å². The molecule has 0 spiro atoms. The molecule has 0 bridgehead atoms. The van der Waals surface area contributed by atoms with Crippen LogP contribution < -0.4 is 5.73 Å². The molecule has 3 fully saturated rings. The predicted molar refractivity (Wildman–Crippen MR) is 424 cm³/mol. The molecule has 582 valence electrons. The van der Waals surface area contributed by atoms with Crippen molar-refractivity contribution in [3.05, 3.63) is 80.3 Å². The van der Waals surface area contributed by atoms with Gasteiger partial charge in [-0.1, -0.05) is 94.2 Å². The number of halogens is 5. The van der Waals surface area contributed by atoms with Gasteiger partial charge in [0.15, 0.2) is 15.5 Å². The number of ether oxygens (including phenoxy) is 8. The average Bonchev–Trinajstić information content (AvgIpc) is 1.55. The van der Waals surface area contributed by atoms with Crippen molar-refractivity contribution in [2.45, 2.75) is 227 Å². The number of aromatic nitrogens is 3. The second kappa shape index (κ2) is 33.5. The number of aliphatic hydroxyl groups excluding tert-OH is 1.